The fourth-order valence-electron chi connectivity index (χ4n) is 2.44. The number of hydrogen-bond donors (Lipinski definition) is 2. The minimum Gasteiger partial charge on any atom is -0.454 e. The molecule has 1 amide bonds. The summed E-state index contributed by atoms with van der Waals surface area (Å²) in [5, 5.41) is 8.37. The molecule has 0 fully saturated rings. The van der Waals surface area contributed by atoms with Crippen LogP contribution in [-0.2, 0) is 0 Å². The monoisotopic (exact) mass is 431 g/mol. The molecule has 0 radical (unpaired) electrons. The van der Waals surface area contributed by atoms with Gasteiger partial charge in [-0.15, -0.1) is 11.3 Å². The first-order valence-electron chi connectivity index (χ1n) is 7.78. The molecule has 26 heavy (non-hydrogen) atoms. The molecular weight excluding hydrogens is 418 g/mol. The number of amides is 1. The average Bonchev–Trinajstić information content (AvgIpc) is 3.26. The van der Waals surface area contributed by atoms with Gasteiger partial charge in [-0.25, -0.2) is 4.98 Å². The molecule has 3 aromatic rings. The Bertz CT molecular complexity index is 990. The van der Waals surface area contributed by atoms with Crippen molar-refractivity contribution in [3.8, 4) is 11.5 Å². The van der Waals surface area contributed by atoms with Crippen LogP contribution in [0.4, 0.5) is 16.5 Å². The minimum atomic E-state index is -0.260. The fraction of sp³-hybridized carbons (Fsp3) is 0.111. The second-order valence-corrected chi connectivity index (χ2v) is 7.38. The van der Waals surface area contributed by atoms with Crippen LogP contribution in [0.25, 0.3) is 0 Å². The number of carbonyl (C=O) groups excluding carboxylic acids is 1. The van der Waals surface area contributed by atoms with Crippen molar-refractivity contribution in [3.05, 3.63) is 57.5 Å². The van der Waals surface area contributed by atoms with Crippen LogP contribution in [0.2, 0.25) is 0 Å². The van der Waals surface area contributed by atoms with Gasteiger partial charge in [0, 0.05) is 21.6 Å². The first-order chi connectivity index (χ1) is 12.6. The number of aromatic nitrogens is 1. The molecule has 0 bridgehead atoms. The molecular formula is C18H14BrN3O3S. The van der Waals surface area contributed by atoms with Crippen LogP contribution in [-0.4, -0.2) is 17.7 Å². The van der Waals surface area contributed by atoms with Crippen molar-refractivity contribution in [1.82, 2.24) is 4.98 Å². The number of anilines is 3. The lowest BCUT2D eigenvalue weighted by Crippen LogP contribution is -2.12. The van der Waals surface area contributed by atoms with Crippen LogP contribution in [0, 0.1) is 6.92 Å². The van der Waals surface area contributed by atoms with E-state index in [2.05, 4.69) is 31.5 Å². The van der Waals surface area contributed by atoms with E-state index in [-0.39, 0.29) is 12.7 Å². The highest BCUT2D eigenvalue weighted by Crippen LogP contribution is 2.35. The summed E-state index contributed by atoms with van der Waals surface area (Å²) < 4.78 is 11.5. The van der Waals surface area contributed by atoms with Gasteiger partial charge in [0.25, 0.3) is 5.91 Å². The van der Waals surface area contributed by atoms with E-state index < -0.39 is 0 Å². The molecule has 1 aromatic heterocycles. The van der Waals surface area contributed by atoms with Crippen molar-refractivity contribution >= 4 is 49.7 Å². The SMILES string of the molecule is Cc1ccc(NC(=O)c2csc(Nc3ccc4c(c3)OCO4)n2)c(Br)c1. The lowest BCUT2D eigenvalue weighted by Gasteiger charge is -2.06. The fourth-order valence-corrected chi connectivity index (χ4v) is 3.74. The van der Waals surface area contributed by atoms with Crippen molar-refractivity contribution < 1.29 is 14.3 Å². The summed E-state index contributed by atoms with van der Waals surface area (Å²) in [6.07, 6.45) is 0. The zero-order chi connectivity index (χ0) is 18.1. The number of thiazole rings is 1. The van der Waals surface area contributed by atoms with Gasteiger partial charge in [-0.3, -0.25) is 4.79 Å². The van der Waals surface area contributed by atoms with E-state index in [0.29, 0.717) is 22.3 Å². The highest BCUT2D eigenvalue weighted by molar-refractivity contribution is 9.10. The van der Waals surface area contributed by atoms with Crippen molar-refractivity contribution in [2.75, 3.05) is 17.4 Å². The molecule has 2 aromatic carbocycles. The maximum Gasteiger partial charge on any atom is 0.275 e. The largest absolute Gasteiger partial charge is 0.454 e. The number of carbonyl (C=O) groups is 1. The number of nitrogens with zero attached hydrogens (tertiary/aromatic N) is 1. The third kappa shape index (κ3) is 3.51. The molecule has 2 N–H and O–H groups in total. The summed E-state index contributed by atoms with van der Waals surface area (Å²) in [5.74, 6) is 1.15. The van der Waals surface area contributed by atoms with Crippen LogP contribution in [0.15, 0.2) is 46.3 Å². The van der Waals surface area contributed by atoms with Gasteiger partial charge in [-0.1, -0.05) is 6.07 Å². The average molecular weight is 432 g/mol. The number of nitrogens with one attached hydrogen (secondary N) is 2. The Kier molecular flexibility index (Phi) is 4.52. The van der Waals surface area contributed by atoms with Crippen LogP contribution in [0.1, 0.15) is 16.1 Å². The van der Waals surface area contributed by atoms with Crippen LogP contribution in [0.5, 0.6) is 11.5 Å². The Hall–Kier alpha value is -2.58. The Labute approximate surface area is 162 Å². The van der Waals surface area contributed by atoms with E-state index in [1.165, 1.54) is 11.3 Å². The van der Waals surface area contributed by atoms with Gasteiger partial charge in [-0.2, -0.15) is 0 Å². The van der Waals surface area contributed by atoms with Gasteiger partial charge in [0.1, 0.15) is 5.69 Å². The van der Waals surface area contributed by atoms with Gasteiger partial charge in [0.2, 0.25) is 6.79 Å². The molecule has 6 nitrogen and oxygen atoms in total. The topological polar surface area (TPSA) is 72.5 Å². The zero-order valence-corrected chi connectivity index (χ0v) is 16.1. The molecule has 1 aliphatic rings. The molecule has 2 heterocycles. The van der Waals surface area contributed by atoms with E-state index in [1.807, 2.05) is 43.3 Å². The summed E-state index contributed by atoms with van der Waals surface area (Å²) in [5.41, 5.74) is 2.99. The van der Waals surface area contributed by atoms with Crippen LogP contribution in [0.3, 0.4) is 0 Å². The minimum absolute atomic E-state index is 0.231. The second kappa shape index (κ2) is 6.97. The highest BCUT2D eigenvalue weighted by Gasteiger charge is 2.15. The molecule has 0 saturated heterocycles. The molecule has 4 rings (SSSR count). The van der Waals surface area contributed by atoms with E-state index >= 15 is 0 Å². The second-order valence-electron chi connectivity index (χ2n) is 5.67. The zero-order valence-electron chi connectivity index (χ0n) is 13.7. The van der Waals surface area contributed by atoms with Gasteiger partial charge in [-0.05, 0) is 52.7 Å². The highest BCUT2D eigenvalue weighted by atomic mass is 79.9. The maximum atomic E-state index is 12.4. The van der Waals surface area contributed by atoms with Gasteiger partial charge in [0.15, 0.2) is 16.6 Å². The van der Waals surface area contributed by atoms with Crippen molar-refractivity contribution in [2.24, 2.45) is 0 Å². The lowest BCUT2D eigenvalue weighted by atomic mass is 10.2. The Morgan fingerprint density at radius 3 is 2.88 bits per heavy atom. The number of rotatable bonds is 4. The molecule has 0 saturated carbocycles. The van der Waals surface area contributed by atoms with E-state index in [1.54, 1.807) is 5.38 Å². The quantitative estimate of drug-likeness (QED) is 0.611. The van der Waals surface area contributed by atoms with Crippen molar-refractivity contribution in [2.45, 2.75) is 6.92 Å². The maximum absolute atomic E-state index is 12.4. The van der Waals surface area contributed by atoms with Crippen molar-refractivity contribution in [1.29, 1.82) is 0 Å². The van der Waals surface area contributed by atoms with E-state index in [0.717, 1.165) is 21.5 Å². The number of halogens is 1. The Morgan fingerprint density at radius 1 is 1.19 bits per heavy atom. The molecule has 132 valence electrons. The number of fused-ring (bicyclic) bond motifs is 1. The third-order valence-corrected chi connectivity index (χ3v) is 5.15. The first kappa shape index (κ1) is 16.9. The van der Waals surface area contributed by atoms with E-state index in [9.17, 15) is 4.79 Å². The normalized spacial score (nSPS) is 12.1. The first-order valence-corrected chi connectivity index (χ1v) is 9.45. The van der Waals surface area contributed by atoms with Gasteiger partial charge < -0.3 is 20.1 Å². The third-order valence-electron chi connectivity index (χ3n) is 3.73. The number of hydrogen-bond acceptors (Lipinski definition) is 6. The standard InChI is InChI=1S/C18H14BrN3O3S/c1-10-2-4-13(12(19)6-10)21-17(23)14-8-26-18(22-14)20-11-3-5-15-16(7-11)25-9-24-15/h2-8H,9H2,1H3,(H,20,22)(H,21,23). The Balaban J connectivity index is 1.46. The summed E-state index contributed by atoms with van der Waals surface area (Å²) in [7, 11) is 0. The predicted octanol–water partition coefficient (Wildman–Crippen LogP) is 4.94. The molecule has 0 aliphatic carbocycles. The summed E-state index contributed by atoms with van der Waals surface area (Å²) >= 11 is 4.81. The molecule has 1 aliphatic heterocycles. The molecule has 0 unspecified atom stereocenters. The smallest absolute Gasteiger partial charge is 0.275 e. The van der Waals surface area contributed by atoms with Crippen LogP contribution < -0.4 is 20.1 Å². The van der Waals surface area contributed by atoms with Gasteiger partial charge >= 0.3 is 0 Å². The number of benzene rings is 2. The molecule has 0 atom stereocenters. The van der Waals surface area contributed by atoms with Gasteiger partial charge in [0.05, 0.1) is 5.69 Å². The summed E-state index contributed by atoms with van der Waals surface area (Å²) in [6, 6.07) is 11.3. The van der Waals surface area contributed by atoms with Crippen LogP contribution >= 0.6 is 27.3 Å². The summed E-state index contributed by atoms with van der Waals surface area (Å²) in [4.78, 5) is 16.8. The molecule has 0 spiro atoms. The predicted molar refractivity (Wildman–Crippen MR) is 105 cm³/mol. The molecule has 8 heteroatoms. The van der Waals surface area contributed by atoms with E-state index in [4.69, 9.17) is 9.47 Å². The summed E-state index contributed by atoms with van der Waals surface area (Å²) in [6.45, 7) is 2.22. The van der Waals surface area contributed by atoms with Crippen molar-refractivity contribution in [3.63, 3.8) is 0 Å². The number of ether oxygens (including phenoxy) is 2. The Morgan fingerprint density at radius 2 is 2.04 bits per heavy atom. The lowest BCUT2D eigenvalue weighted by molar-refractivity contribution is 0.102. The number of aryl methyl sites for hydroxylation is 1.